The standard InChI is InChI=1S/C53H37N4S/c1-3-17-37(18-4-1)51-54-52(44-27-12-19-35-15-7-9-25-42(35)44)56-53(55-51)46-28-14-30-48-50(46)45-32-31-39(34-49(45)58-48)38-21-11-24-41(33-38)57(40-22-5-2-6-23-40)47-29-13-20-36-16-8-10-26-43(36)47/h1-34,52-53,56H/q-1. The van der Waals surface area contributed by atoms with Crippen LogP contribution in [0.15, 0.2) is 211 Å². The third-order valence-electron chi connectivity index (χ3n) is 11.3. The van der Waals surface area contributed by atoms with Gasteiger partial charge in [0, 0.05) is 49.3 Å². The van der Waals surface area contributed by atoms with E-state index < -0.39 is 0 Å². The Morgan fingerprint density at radius 3 is 1.93 bits per heavy atom. The van der Waals surface area contributed by atoms with E-state index >= 15 is 0 Å². The maximum Gasteiger partial charge on any atom is 0.0540 e. The van der Waals surface area contributed by atoms with Crippen LogP contribution < -0.4 is 10.2 Å². The number of fused-ring (bicyclic) bond motifs is 5. The van der Waals surface area contributed by atoms with Crippen molar-refractivity contribution in [2.75, 3.05) is 4.90 Å². The van der Waals surface area contributed by atoms with Gasteiger partial charge in [-0.2, -0.15) is 0 Å². The van der Waals surface area contributed by atoms with Crippen molar-refractivity contribution in [1.29, 1.82) is 0 Å². The van der Waals surface area contributed by atoms with E-state index in [-0.39, 0.29) is 12.3 Å². The van der Waals surface area contributed by atoms with E-state index in [1.54, 1.807) is 0 Å². The van der Waals surface area contributed by atoms with Crippen LogP contribution in [0.1, 0.15) is 29.0 Å². The minimum Gasteiger partial charge on any atom is -0.445 e. The first-order valence-electron chi connectivity index (χ1n) is 19.7. The zero-order valence-electron chi connectivity index (χ0n) is 31.5. The lowest BCUT2D eigenvalue weighted by molar-refractivity contribution is 0.493. The smallest absolute Gasteiger partial charge is 0.0540 e. The average molecular weight is 762 g/mol. The molecule has 0 bridgehead atoms. The van der Waals surface area contributed by atoms with Gasteiger partial charge in [-0.1, -0.05) is 170 Å². The maximum absolute atomic E-state index is 5.31. The van der Waals surface area contributed by atoms with Gasteiger partial charge in [0.1, 0.15) is 0 Å². The highest BCUT2D eigenvalue weighted by Crippen LogP contribution is 2.44. The van der Waals surface area contributed by atoms with Gasteiger partial charge in [-0.25, -0.2) is 0 Å². The molecule has 0 saturated heterocycles. The van der Waals surface area contributed by atoms with Gasteiger partial charge in [-0.05, 0) is 86.4 Å². The van der Waals surface area contributed by atoms with Gasteiger partial charge in [-0.15, -0.1) is 11.3 Å². The lowest BCUT2D eigenvalue weighted by atomic mass is 9.98. The Hall–Kier alpha value is -7.05. The minimum absolute atomic E-state index is 0.271. The summed E-state index contributed by atoms with van der Waals surface area (Å²) in [5.41, 5.74) is 9.05. The number of benzene rings is 9. The molecule has 58 heavy (non-hydrogen) atoms. The first-order chi connectivity index (χ1) is 28.7. The van der Waals surface area contributed by atoms with Crippen molar-refractivity contribution in [3.8, 4) is 11.1 Å². The first kappa shape index (κ1) is 34.2. The zero-order valence-corrected chi connectivity index (χ0v) is 32.4. The van der Waals surface area contributed by atoms with Crippen molar-refractivity contribution in [2.24, 2.45) is 4.99 Å². The summed E-state index contributed by atoms with van der Waals surface area (Å²) in [6.07, 6.45) is -0.570. The van der Waals surface area contributed by atoms with Gasteiger partial charge in [0.05, 0.1) is 5.69 Å². The summed E-state index contributed by atoms with van der Waals surface area (Å²) in [7, 11) is 0. The molecule has 0 amide bonds. The van der Waals surface area contributed by atoms with E-state index in [1.165, 1.54) is 52.8 Å². The molecule has 2 unspecified atom stereocenters. The fourth-order valence-corrected chi connectivity index (χ4v) is 9.72. The Balaban J connectivity index is 0.995. The topological polar surface area (TPSA) is 41.7 Å². The Kier molecular flexibility index (Phi) is 8.54. The Labute approximate surface area is 341 Å². The number of nitrogens with zero attached hydrogens (tertiary/aromatic N) is 3. The summed E-state index contributed by atoms with van der Waals surface area (Å²) in [5.74, 6) is 0.758. The van der Waals surface area contributed by atoms with Crippen LogP contribution in [0.5, 0.6) is 0 Å². The van der Waals surface area contributed by atoms with Crippen LogP contribution in [0.25, 0.3) is 58.2 Å². The second kappa shape index (κ2) is 14.5. The number of thiophene rings is 1. The van der Waals surface area contributed by atoms with Gasteiger partial charge in [-0.3, -0.25) is 0 Å². The van der Waals surface area contributed by atoms with Crippen molar-refractivity contribution < 1.29 is 0 Å². The van der Waals surface area contributed by atoms with Gasteiger partial charge in [0.25, 0.3) is 0 Å². The molecule has 0 spiro atoms. The molecule has 0 saturated carbocycles. The van der Waals surface area contributed by atoms with Crippen LogP contribution in [0.3, 0.4) is 0 Å². The minimum atomic E-state index is -0.299. The first-order valence-corrected chi connectivity index (χ1v) is 20.5. The number of para-hydroxylation sites is 1. The normalized spacial score (nSPS) is 15.4. The number of hydrogen-bond donors (Lipinski definition) is 1. The van der Waals surface area contributed by atoms with Crippen molar-refractivity contribution in [2.45, 2.75) is 12.3 Å². The van der Waals surface area contributed by atoms with E-state index in [9.17, 15) is 0 Å². The number of anilines is 3. The summed E-state index contributed by atoms with van der Waals surface area (Å²) in [4.78, 5) is 7.60. The number of aliphatic imine (C=N–C) groups is 1. The highest BCUT2D eigenvalue weighted by atomic mass is 32.1. The van der Waals surface area contributed by atoms with Crippen molar-refractivity contribution in [3.05, 3.63) is 228 Å². The van der Waals surface area contributed by atoms with Gasteiger partial charge < -0.3 is 20.5 Å². The van der Waals surface area contributed by atoms with Crippen LogP contribution in [0.4, 0.5) is 17.1 Å². The van der Waals surface area contributed by atoms with Crippen molar-refractivity contribution in [3.63, 3.8) is 0 Å². The monoisotopic (exact) mass is 761 g/mol. The molecular weight excluding hydrogens is 725 g/mol. The lowest BCUT2D eigenvalue weighted by Crippen LogP contribution is -2.32. The van der Waals surface area contributed by atoms with Crippen LogP contribution >= 0.6 is 11.3 Å². The molecular formula is C53H37N4S-. The summed E-state index contributed by atoms with van der Waals surface area (Å²) in [6.45, 7) is 0. The number of amidine groups is 1. The highest BCUT2D eigenvalue weighted by molar-refractivity contribution is 7.25. The van der Waals surface area contributed by atoms with E-state index in [1.807, 2.05) is 17.4 Å². The van der Waals surface area contributed by atoms with Gasteiger partial charge in [0.15, 0.2) is 0 Å². The molecule has 2 heterocycles. The second-order valence-corrected chi connectivity index (χ2v) is 15.8. The van der Waals surface area contributed by atoms with E-state index in [4.69, 9.17) is 10.3 Å². The molecule has 1 aliphatic heterocycles. The molecule has 0 fully saturated rings. The Morgan fingerprint density at radius 1 is 0.466 bits per heavy atom. The van der Waals surface area contributed by atoms with E-state index in [0.29, 0.717) is 0 Å². The fourth-order valence-electron chi connectivity index (χ4n) is 8.54. The maximum atomic E-state index is 5.31. The molecule has 1 aliphatic rings. The average Bonchev–Trinajstić information content (AvgIpc) is 3.68. The number of rotatable bonds is 7. The van der Waals surface area contributed by atoms with Crippen LogP contribution in [0, 0.1) is 0 Å². The molecule has 4 nitrogen and oxygen atoms in total. The van der Waals surface area contributed by atoms with Gasteiger partial charge in [0.2, 0.25) is 0 Å². The molecule has 2 atom stereocenters. The van der Waals surface area contributed by atoms with Crippen LogP contribution in [0.2, 0.25) is 0 Å². The van der Waals surface area contributed by atoms with E-state index in [0.717, 1.165) is 39.6 Å². The summed E-state index contributed by atoms with van der Waals surface area (Å²) < 4.78 is 2.49. The Bertz CT molecular complexity index is 3140. The van der Waals surface area contributed by atoms with Gasteiger partial charge >= 0.3 is 0 Å². The predicted molar refractivity (Wildman–Crippen MR) is 246 cm³/mol. The van der Waals surface area contributed by atoms with Crippen LogP contribution in [-0.2, 0) is 0 Å². The highest BCUT2D eigenvalue weighted by Gasteiger charge is 2.23. The summed E-state index contributed by atoms with van der Waals surface area (Å²) in [6, 6.07) is 73.7. The quantitative estimate of drug-likeness (QED) is 0.176. The molecule has 1 aromatic heterocycles. The molecule has 276 valence electrons. The van der Waals surface area contributed by atoms with Crippen LogP contribution in [-0.4, -0.2) is 5.84 Å². The Morgan fingerprint density at radius 2 is 1.09 bits per heavy atom. The molecule has 1 N–H and O–H groups in total. The fraction of sp³-hybridized carbons (Fsp3) is 0.0377. The van der Waals surface area contributed by atoms with E-state index in [2.05, 4.69) is 210 Å². The zero-order chi connectivity index (χ0) is 38.4. The SMILES string of the molecule is c1ccc(C2=NC(c3cccc4ccccc34)NC(c3cccc4sc5cc(-c6cccc(N(c7ccccc7)c7cccc8ccccc78)c6)ccc5c34)[N-]2)cc1. The summed E-state index contributed by atoms with van der Waals surface area (Å²) >= 11 is 1.84. The molecule has 11 rings (SSSR count). The molecule has 9 aromatic carbocycles. The largest absolute Gasteiger partial charge is 0.445 e. The third kappa shape index (κ3) is 6.09. The molecule has 0 aliphatic carbocycles. The molecule has 10 aromatic rings. The molecule has 5 heteroatoms. The third-order valence-corrected chi connectivity index (χ3v) is 12.4. The van der Waals surface area contributed by atoms with Crippen molar-refractivity contribution in [1.82, 2.24) is 5.32 Å². The number of nitrogens with one attached hydrogen (secondary N) is 1. The lowest BCUT2D eigenvalue weighted by Gasteiger charge is -2.41. The number of hydrogen-bond acceptors (Lipinski definition) is 4. The summed E-state index contributed by atoms with van der Waals surface area (Å²) in [5, 5.41) is 16.5. The molecule has 0 radical (unpaired) electrons. The second-order valence-electron chi connectivity index (χ2n) is 14.7. The predicted octanol–water partition coefficient (Wildman–Crippen LogP) is 14.6. The van der Waals surface area contributed by atoms with Crippen molar-refractivity contribution >= 4 is 76.0 Å².